The zero-order valence-corrected chi connectivity index (χ0v) is 21.5. The summed E-state index contributed by atoms with van der Waals surface area (Å²) in [7, 11) is -4.06. The van der Waals surface area contributed by atoms with E-state index in [0.717, 1.165) is 9.87 Å². The number of amides is 1. The van der Waals surface area contributed by atoms with E-state index in [1.165, 1.54) is 42.5 Å². The van der Waals surface area contributed by atoms with Gasteiger partial charge in [0.25, 0.3) is 0 Å². The van der Waals surface area contributed by atoms with Gasteiger partial charge in [-0.05, 0) is 67.1 Å². The number of anilines is 1. The van der Waals surface area contributed by atoms with E-state index in [4.69, 9.17) is 16.3 Å². The highest BCUT2D eigenvalue weighted by molar-refractivity contribution is 7.89. The predicted octanol–water partition coefficient (Wildman–Crippen LogP) is 6.41. The van der Waals surface area contributed by atoms with Crippen LogP contribution in [-0.4, -0.2) is 25.2 Å². The summed E-state index contributed by atoms with van der Waals surface area (Å²) in [6.45, 7) is 1.22. The van der Waals surface area contributed by atoms with E-state index in [0.29, 0.717) is 22.1 Å². The average Bonchev–Trinajstić information content (AvgIpc) is 2.87. The van der Waals surface area contributed by atoms with Crippen molar-refractivity contribution in [3.05, 3.63) is 119 Å². The van der Waals surface area contributed by atoms with Crippen LogP contribution in [0.5, 0.6) is 11.5 Å². The molecule has 0 saturated heterocycles. The quantitative estimate of drug-likeness (QED) is 0.267. The maximum atomic E-state index is 13.5. The molecule has 4 aromatic carbocycles. The molecule has 9 heteroatoms. The number of nitrogens with zero attached hydrogens (tertiary/aromatic N) is 1. The Morgan fingerprint density at radius 1 is 0.946 bits per heavy atom. The van der Waals surface area contributed by atoms with Crippen molar-refractivity contribution in [3.63, 3.8) is 0 Å². The Bertz CT molecular complexity index is 1480. The molecule has 0 aliphatic heterocycles. The second-order valence-electron chi connectivity index (χ2n) is 8.32. The number of ether oxygens (including phenoxy) is 1. The highest BCUT2D eigenvalue weighted by Crippen LogP contribution is 2.32. The Morgan fingerprint density at radius 3 is 2.30 bits per heavy atom. The van der Waals surface area contributed by atoms with Crippen LogP contribution in [-0.2, 0) is 21.4 Å². The Hall–Kier alpha value is -3.72. The summed E-state index contributed by atoms with van der Waals surface area (Å²) in [5.74, 6) is -0.144. The van der Waals surface area contributed by atoms with Gasteiger partial charge < -0.3 is 10.1 Å². The van der Waals surface area contributed by atoms with Crippen LogP contribution in [0.25, 0.3) is 0 Å². The zero-order chi connectivity index (χ0) is 26.4. The largest absolute Gasteiger partial charge is 0.455 e. The normalized spacial score (nSPS) is 11.4. The van der Waals surface area contributed by atoms with E-state index in [9.17, 15) is 17.6 Å². The van der Waals surface area contributed by atoms with Crippen molar-refractivity contribution in [1.29, 1.82) is 0 Å². The molecule has 4 rings (SSSR count). The van der Waals surface area contributed by atoms with E-state index < -0.39 is 28.3 Å². The summed E-state index contributed by atoms with van der Waals surface area (Å²) in [5.41, 5.74) is 1.71. The van der Waals surface area contributed by atoms with Crippen LogP contribution in [0.3, 0.4) is 0 Å². The number of hydrogen-bond acceptors (Lipinski definition) is 4. The van der Waals surface area contributed by atoms with Gasteiger partial charge in [-0.1, -0.05) is 59.6 Å². The third-order valence-electron chi connectivity index (χ3n) is 5.44. The predicted molar refractivity (Wildman–Crippen MR) is 142 cm³/mol. The van der Waals surface area contributed by atoms with Gasteiger partial charge in [0.05, 0.1) is 17.1 Å². The minimum absolute atomic E-state index is 0.0452. The molecule has 1 amide bonds. The Kier molecular flexibility index (Phi) is 8.23. The van der Waals surface area contributed by atoms with Crippen LogP contribution in [0.1, 0.15) is 11.1 Å². The molecular weight excluding hydrogens is 515 g/mol. The first-order valence-corrected chi connectivity index (χ1v) is 13.2. The number of hydrogen-bond donors (Lipinski definition) is 1. The summed E-state index contributed by atoms with van der Waals surface area (Å²) >= 11 is 6.15. The Labute approximate surface area is 220 Å². The van der Waals surface area contributed by atoms with Gasteiger partial charge in [0, 0.05) is 11.6 Å². The molecule has 0 aromatic heterocycles. The molecule has 37 heavy (non-hydrogen) atoms. The first-order chi connectivity index (χ1) is 17.7. The van der Waals surface area contributed by atoms with Gasteiger partial charge in [0.15, 0.2) is 5.75 Å². The lowest BCUT2D eigenvalue weighted by Crippen LogP contribution is -2.37. The summed E-state index contributed by atoms with van der Waals surface area (Å²) in [6.07, 6.45) is 0. The Morgan fingerprint density at radius 2 is 1.62 bits per heavy atom. The monoisotopic (exact) mass is 538 g/mol. The van der Waals surface area contributed by atoms with Gasteiger partial charge in [0.2, 0.25) is 15.9 Å². The lowest BCUT2D eigenvalue weighted by molar-refractivity contribution is -0.116. The van der Waals surface area contributed by atoms with Gasteiger partial charge in [0.1, 0.15) is 11.6 Å². The molecule has 4 aromatic rings. The third-order valence-corrected chi connectivity index (χ3v) is 7.48. The van der Waals surface area contributed by atoms with Gasteiger partial charge in [-0.3, -0.25) is 4.79 Å². The van der Waals surface area contributed by atoms with Crippen LogP contribution < -0.4 is 10.1 Å². The topological polar surface area (TPSA) is 75.7 Å². The van der Waals surface area contributed by atoms with Gasteiger partial charge in [-0.25, -0.2) is 12.8 Å². The molecule has 0 unspecified atom stereocenters. The highest BCUT2D eigenvalue weighted by atomic mass is 35.5. The first-order valence-electron chi connectivity index (χ1n) is 11.3. The number of aryl methyl sites for hydroxylation is 1. The molecule has 0 spiro atoms. The molecule has 0 radical (unpaired) electrons. The first kappa shape index (κ1) is 26.3. The molecule has 0 atom stereocenters. The van der Waals surface area contributed by atoms with Crippen molar-refractivity contribution < 1.29 is 22.3 Å². The van der Waals surface area contributed by atoms with Crippen molar-refractivity contribution in [2.24, 2.45) is 0 Å². The van der Waals surface area contributed by atoms with Gasteiger partial charge in [-0.2, -0.15) is 4.31 Å². The van der Waals surface area contributed by atoms with Crippen LogP contribution in [0, 0.1) is 12.7 Å². The van der Waals surface area contributed by atoms with Crippen LogP contribution >= 0.6 is 11.6 Å². The summed E-state index contributed by atoms with van der Waals surface area (Å²) in [6, 6.07) is 25.5. The molecule has 0 aliphatic rings. The molecule has 6 nitrogen and oxygen atoms in total. The fraction of sp³-hybridized carbons (Fsp3) is 0.107. The average molecular weight is 539 g/mol. The molecule has 0 fully saturated rings. The van der Waals surface area contributed by atoms with Crippen LogP contribution in [0.15, 0.2) is 102 Å². The second kappa shape index (κ2) is 11.6. The number of carbonyl (C=O) groups is 1. The number of sulfonamides is 1. The number of nitrogens with one attached hydrogen (secondary N) is 1. The minimum Gasteiger partial charge on any atom is -0.455 e. The standard InChI is InChI=1S/C28H24ClFN2O4S/c1-20-7-14-25(15-8-20)37(34,35)32(18-21-9-12-23(30)13-10-21)19-28(33)31-26-17-22(29)11-16-27(26)36-24-5-3-2-4-6-24/h2-17H,18-19H2,1H3,(H,31,33). The van der Waals surface area contributed by atoms with Crippen molar-refractivity contribution in [2.75, 3.05) is 11.9 Å². The van der Waals surface area contributed by atoms with E-state index in [-0.39, 0.29) is 17.1 Å². The number of halogens is 2. The fourth-order valence-electron chi connectivity index (χ4n) is 3.53. The molecule has 0 aliphatic carbocycles. The fourth-order valence-corrected chi connectivity index (χ4v) is 5.09. The molecule has 1 N–H and O–H groups in total. The van der Waals surface area contributed by atoms with Crippen LogP contribution in [0.4, 0.5) is 10.1 Å². The smallest absolute Gasteiger partial charge is 0.243 e. The van der Waals surface area contributed by atoms with Crippen molar-refractivity contribution in [2.45, 2.75) is 18.4 Å². The summed E-state index contributed by atoms with van der Waals surface area (Å²) in [4.78, 5) is 13.2. The van der Waals surface area contributed by atoms with E-state index in [1.54, 1.807) is 36.4 Å². The Balaban J connectivity index is 1.60. The van der Waals surface area contributed by atoms with E-state index >= 15 is 0 Å². The van der Waals surface area contributed by atoms with Crippen molar-refractivity contribution in [1.82, 2.24) is 4.31 Å². The number of para-hydroxylation sites is 1. The molecule has 190 valence electrons. The van der Waals surface area contributed by atoms with E-state index in [1.807, 2.05) is 25.1 Å². The zero-order valence-electron chi connectivity index (χ0n) is 19.9. The lowest BCUT2D eigenvalue weighted by Gasteiger charge is -2.22. The molecule has 0 bridgehead atoms. The maximum Gasteiger partial charge on any atom is 0.243 e. The molecule has 0 heterocycles. The highest BCUT2D eigenvalue weighted by Gasteiger charge is 2.27. The maximum absolute atomic E-state index is 13.5. The number of carbonyl (C=O) groups excluding carboxylic acids is 1. The number of rotatable bonds is 9. The van der Waals surface area contributed by atoms with Crippen LogP contribution in [0.2, 0.25) is 5.02 Å². The summed E-state index contributed by atoms with van der Waals surface area (Å²) < 4.78 is 47.3. The van der Waals surface area contributed by atoms with Gasteiger partial charge in [-0.15, -0.1) is 0 Å². The SMILES string of the molecule is Cc1ccc(S(=O)(=O)N(CC(=O)Nc2cc(Cl)ccc2Oc2ccccc2)Cc2ccc(F)cc2)cc1. The van der Waals surface area contributed by atoms with Crippen molar-refractivity contribution in [3.8, 4) is 11.5 Å². The minimum atomic E-state index is -4.06. The van der Waals surface area contributed by atoms with Gasteiger partial charge >= 0.3 is 0 Å². The second-order valence-corrected chi connectivity index (χ2v) is 10.7. The molecular formula is C28H24ClFN2O4S. The van der Waals surface area contributed by atoms with Crippen molar-refractivity contribution >= 4 is 33.2 Å². The summed E-state index contributed by atoms with van der Waals surface area (Å²) in [5, 5.41) is 3.08. The third kappa shape index (κ3) is 6.95. The molecule has 0 saturated carbocycles. The van der Waals surface area contributed by atoms with E-state index in [2.05, 4.69) is 5.32 Å². The number of benzene rings is 4. The lowest BCUT2D eigenvalue weighted by atomic mass is 10.2.